The number of carbonyl (C=O) groups is 1. The number of halogens is 1. The number of aliphatic hydroxyl groups is 1. The highest BCUT2D eigenvalue weighted by molar-refractivity contribution is 6.33. The Hall–Kier alpha value is -1.46. The Labute approximate surface area is 130 Å². The summed E-state index contributed by atoms with van der Waals surface area (Å²) in [6, 6.07) is 5.31. The van der Waals surface area contributed by atoms with E-state index < -0.39 is 0 Å². The van der Waals surface area contributed by atoms with Gasteiger partial charge >= 0.3 is 6.03 Å². The standard InChI is InChI=1S/C15H22ClN3O2/c16-13-11-12(18-15(21)17-7-4-10-20)5-6-14(13)19-8-2-1-3-9-19/h5-6,11,20H,1-4,7-10H2,(H2,17,18,21). The zero-order chi connectivity index (χ0) is 15.1. The first-order chi connectivity index (χ1) is 10.2. The third kappa shape index (κ3) is 4.79. The first-order valence-electron chi connectivity index (χ1n) is 7.41. The molecule has 0 spiro atoms. The SMILES string of the molecule is O=C(NCCCO)Nc1ccc(N2CCCCC2)c(Cl)c1. The lowest BCUT2D eigenvalue weighted by Gasteiger charge is -2.29. The van der Waals surface area contributed by atoms with Gasteiger partial charge in [0.1, 0.15) is 0 Å². The summed E-state index contributed by atoms with van der Waals surface area (Å²) in [7, 11) is 0. The number of hydrogen-bond donors (Lipinski definition) is 3. The summed E-state index contributed by atoms with van der Waals surface area (Å²) >= 11 is 6.33. The fraction of sp³-hybridized carbons (Fsp3) is 0.533. The third-order valence-corrected chi connectivity index (χ3v) is 3.83. The maximum Gasteiger partial charge on any atom is 0.319 e. The van der Waals surface area contributed by atoms with E-state index in [-0.39, 0.29) is 12.6 Å². The molecule has 0 aromatic heterocycles. The second-order valence-corrected chi connectivity index (χ2v) is 5.58. The summed E-state index contributed by atoms with van der Waals surface area (Å²) in [5, 5.41) is 14.7. The van der Waals surface area contributed by atoms with Gasteiger partial charge in [-0.3, -0.25) is 0 Å². The van der Waals surface area contributed by atoms with E-state index >= 15 is 0 Å². The quantitative estimate of drug-likeness (QED) is 0.733. The van der Waals surface area contributed by atoms with Crippen LogP contribution < -0.4 is 15.5 Å². The van der Waals surface area contributed by atoms with Gasteiger partial charge < -0.3 is 20.6 Å². The van der Waals surface area contributed by atoms with E-state index in [1.165, 1.54) is 19.3 Å². The van der Waals surface area contributed by atoms with Crippen molar-refractivity contribution in [3.8, 4) is 0 Å². The van der Waals surface area contributed by atoms with E-state index in [0.29, 0.717) is 23.7 Å². The minimum atomic E-state index is -0.287. The van der Waals surface area contributed by atoms with Crippen LogP contribution in [0.5, 0.6) is 0 Å². The van der Waals surface area contributed by atoms with Crippen molar-refractivity contribution >= 4 is 29.0 Å². The molecule has 1 heterocycles. The van der Waals surface area contributed by atoms with E-state index in [9.17, 15) is 4.79 Å². The summed E-state index contributed by atoms with van der Waals surface area (Å²) < 4.78 is 0. The van der Waals surface area contributed by atoms with Crippen LogP contribution in [0, 0.1) is 0 Å². The minimum Gasteiger partial charge on any atom is -0.396 e. The van der Waals surface area contributed by atoms with Crippen LogP contribution in [-0.2, 0) is 0 Å². The number of nitrogens with one attached hydrogen (secondary N) is 2. The highest BCUT2D eigenvalue weighted by atomic mass is 35.5. The van der Waals surface area contributed by atoms with Gasteiger partial charge in [-0.2, -0.15) is 0 Å². The molecular formula is C15H22ClN3O2. The molecule has 0 atom stereocenters. The molecular weight excluding hydrogens is 290 g/mol. The smallest absolute Gasteiger partial charge is 0.319 e. The third-order valence-electron chi connectivity index (χ3n) is 3.52. The summed E-state index contributed by atoms with van der Waals surface area (Å²) in [4.78, 5) is 13.9. The predicted octanol–water partition coefficient (Wildman–Crippen LogP) is 2.83. The second-order valence-electron chi connectivity index (χ2n) is 5.17. The lowest BCUT2D eigenvalue weighted by atomic mass is 10.1. The number of amides is 2. The Morgan fingerprint density at radius 2 is 2.05 bits per heavy atom. The van der Waals surface area contributed by atoms with Crippen LogP contribution in [0.25, 0.3) is 0 Å². The van der Waals surface area contributed by atoms with E-state index in [1.807, 2.05) is 12.1 Å². The Morgan fingerprint density at radius 1 is 1.29 bits per heavy atom. The van der Waals surface area contributed by atoms with Gasteiger partial charge in [0, 0.05) is 31.9 Å². The van der Waals surface area contributed by atoms with Crippen molar-refractivity contribution in [1.29, 1.82) is 0 Å². The molecule has 1 aliphatic heterocycles. The molecule has 5 nitrogen and oxygen atoms in total. The number of aliphatic hydroxyl groups excluding tert-OH is 1. The summed E-state index contributed by atoms with van der Waals surface area (Å²) in [5.41, 5.74) is 1.70. The van der Waals surface area contributed by atoms with Crippen LogP contribution in [0.3, 0.4) is 0 Å². The molecule has 6 heteroatoms. The molecule has 0 aliphatic carbocycles. The Bertz CT molecular complexity index is 476. The van der Waals surface area contributed by atoms with E-state index in [2.05, 4.69) is 15.5 Å². The molecule has 2 amide bonds. The number of urea groups is 1. The fourth-order valence-electron chi connectivity index (χ4n) is 2.43. The molecule has 21 heavy (non-hydrogen) atoms. The molecule has 0 unspecified atom stereocenters. The molecule has 1 fully saturated rings. The molecule has 1 aromatic carbocycles. The van der Waals surface area contributed by atoms with Crippen molar-refractivity contribution in [2.45, 2.75) is 25.7 Å². The van der Waals surface area contributed by atoms with Gasteiger partial charge in [0.05, 0.1) is 10.7 Å². The van der Waals surface area contributed by atoms with Crippen molar-refractivity contribution < 1.29 is 9.90 Å². The average Bonchev–Trinajstić information content (AvgIpc) is 2.48. The molecule has 1 saturated heterocycles. The molecule has 0 saturated carbocycles. The maximum atomic E-state index is 11.6. The van der Waals surface area contributed by atoms with Crippen LogP contribution in [0.15, 0.2) is 18.2 Å². The van der Waals surface area contributed by atoms with Gasteiger partial charge in [-0.1, -0.05) is 11.6 Å². The molecule has 1 aliphatic rings. The maximum absolute atomic E-state index is 11.6. The van der Waals surface area contributed by atoms with Crippen LogP contribution in [0.2, 0.25) is 5.02 Å². The topological polar surface area (TPSA) is 64.6 Å². The molecule has 2 rings (SSSR count). The Kier molecular flexibility index (Phi) is 6.14. The molecule has 3 N–H and O–H groups in total. The lowest BCUT2D eigenvalue weighted by Crippen LogP contribution is -2.30. The molecule has 0 bridgehead atoms. The summed E-state index contributed by atoms with van der Waals surface area (Å²) in [6.45, 7) is 2.58. The van der Waals surface area contributed by atoms with E-state index in [4.69, 9.17) is 16.7 Å². The largest absolute Gasteiger partial charge is 0.396 e. The lowest BCUT2D eigenvalue weighted by molar-refractivity contribution is 0.249. The van der Waals surface area contributed by atoms with Gasteiger partial charge in [0.25, 0.3) is 0 Å². The molecule has 1 aromatic rings. The van der Waals surface area contributed by atoms with Crippen molar-refractivity contribution in [1.82, 2.24) is 5.32 Å². The van der Waals surface area contributed by atoms with Crippen LogP contribution >= 0.6 is 11.6 Å². The van der Waals surface area contributed by atoms with Gasteiger partial charge in [-0.15, -0.1) is 0 Å². The van der Waals surface area contributed by atoms with Crippen molar-refractivity contribution in [2.24, 2.45) is 0 Å². The Morgan fingerprint density at radius 3 is 2.71 bits per heavy atom. The Balaban J connectivity index is 1.93. The number of benzene rings is 1. The number of piperidine rings is 1. The second kappa shape index (κ2) is 8.10. The van der Waals surface area contributed by atoms with Crippen LogP contribution in [0.4, 0.5) is 16.2 Å². The fourth-order valence-corrected chi connectivity index (χ4v) is 2.73. The highest BCUT2D eigenvalue weighted by Crippen LogP contribution is 2.30. The summed E-state index contributed by atoms with van der Waals surface area (Å²) in [6.07, 6.45) is 4.22. The summed E-state index contributed by atoms with van der Waals surface area (Å²) in [5.74, 6) is 0. The van der Waals surface area contributed by atoms with Crippen molar-refractivity contribution in [3.05, 3.63) is 23.2 Å². The number of nitrogens with zero attached hydrogens (tertiary/aromatic N) is 1. The number of anilines is 2. The van der Waals surface area contributed by atoms with E-state index in [0.717, 1.165) is 18.8 Å². The van der Waals surface area contributed by atoms with Gasteiger partial charge in [-0.25, -0.2) is 4.79 Å². The predicted molar refractivity (Wildman–Crippen MR) is 86.2 cm³/mol. The number of rotatable bonds is 5. The van der Waals surface area contributed by atoms with Crippen LogP contribution in [-0.4, -0.2) is 37.4 Å². The highest BCUT2D eigenvalue weighted by Gasteiger charge is 2.14. The molecule has 0 radical (unpaired) electrons. The number of hydrogen-bond acceptors (Lipinski definition) is 3. The minimum absolute atomic E-state index is 0.0661. The first-order valence-corrected chi connectivity index (χ1v) is 7.78. The van der Waals surface area contributed by atoms with E-state index in [1.54, 1.807) is 6.07 Å². The van der Waals surface area contributed by atoms with Gasteiger partial charge in [0.2, 0.25) is 0 Å². The van der Waals surface area contributed by atoms with Gasteiger partial charge in [0.15, 0.2) is 0 Å². The average molecular weight is 312 g/mol. The number of carbonyl (C=O) groups excluding carboxylic acids is 1. The first kappa shape index (κ1) is 15.9. The monoisotopic (exact) mass is 311 g/mol. The molecule has 116 valence electrons. The normalized spacial score (nSPS) is 14.9. The van der Waals surface area contributed by atoms with Gasteiger partial charge in [-0.05, 0) is 43.9 Å². The van der Waals surface area contributed by atoms with Crippen molar-refractivity contribution in [3.63, 3.8) is 0 Å². The zero-order valence-corrected chi connectivity index (χ0v) is 12.8. The van der Waals surface area contributed by atoms with Crippen molar-refractivity contribution in [2.75, 3.05) is 36.5 Å². The zero-order valence-electron chi connectivity index (χ0n) is 12.1. The van der Waals surface area contributed by atoms with Crippen LogP contribution in [0.1, 0.15) is 25.7 Å².